The number of alkyl carbamates (subject to hydrolysis) is 1. The fourth-order valence-electron chi connectivity index (χ4n) is 0.644. The second-order valence-electron chi connectivity index (χ2n) is 3.68. The van der Waals surface area contributed by atoms with Crippen LogP contribution in [-0.4, -0.2) is 30.2 Å². The van der Waals surface area contributed by atoms with Crippen molar-refractivity contribution >= 4 is 18.0 Å². The van der Waals surface area contributed by atoms with E-state index in [-0.39, 0.29) is 6.61 Å². The lowest BCUT2D eigenvalue weighted by molar-refractivity contribution is -0.154. The monoisotopic (exact) mass is 217 g/mol. The number of ether oxygens (including phenoxy) is 2. The number of carbonyl (C=O) groups is 3. The third kappa shape index (κ3) is 6.48. The van der Waals surface area contributed by atoms with Gasteiger partial charge in [0.1, 0.15) is 5.60 Å². The van der Waals surface area contributed by atoms with E-state index in [1.54, 1.807) is 33.0 Å². The van der Waals surface area contributed by atoms with Gasteiger partial charge in [0.15, 0.2) is 0 Å². The Morgan fingerprint density at radius 2 is 1.73 bits per heavy atom. The third-order valence-corrected chi connectivity index (χ3v) is 1.08. The minimum atomic E-state index is -1.13. The molecule has 86 valence electrons. The second kappa shape index (κ2) is 5.33. The summed E-state index contributed by atoms with van der Waals surface area (Å²) in [4.78, 5) is 32.8. The predicted octanol–water partition coefficient (Wildman–Crippen LogP) is 0.601. The molecule has 0 aliphatic heterocycles. The molecule has 15 heavy (non-hydrogen) atoms. The predicted molar refractivity (Wildman–Crippen MR) is 51.0 cm³/mol. The highest BCUT2D eigenvalue weighted by atomic mass is 16.6. The quantitative estimate of drug-likeness (QED) is 0.513. The average molecular weight is 217 g/mol. The number of imide groups is 1. The van der Waals surface area contributed by atoms with Crippen LogP contribution in [0.15, 0.2) is 0 Å². The largest absolute Gasteiger partial charge is 0.459 e. The van der Waals surface area contributed by atoms with E-state index in [0.29, 0.717) is 0 Å². The molecule has 0 rings (SSSR count). The topological polar surface area (TPSA) is 81.7 Å². The molecule has 0 fully saturated rings. The molecule has 0 spiro atoms. The molecular formula is C9H15NO5. The lowest BCUT2D eigenvalue weighted by atomic mass is 10.2. The summed E-state index contributed by atoms with van der Waals surface area (Å²) in [5.74, 6) is -2.24. The van der Waals surface area contributed by atoms with E-state index in [2.05, 4.69) is 4.74 Å². The third-order valence-electron chi connectivity index (χ3n) is 1.08. The molecular weight excluding hydrogens is 202 g/mol. The van der Waals surface area contributed by atoms with Crippen molar-refractivity contribution in [3.8, 4) is 0 Å². The van der Waals surface area contributed by atoms with Gasteiger partial charge in [-0.2, -0.15) is 0 Å². The number of rotatable bonds is 1. The number of hydrogen-bond donors (Lipinski definition) is 1. The van der Waals surface area contributed by atoms with Crippen molar-refractivity contribution in [2.75, 3.05) is 6.61 Å². The van der Waals surface area contributed by atoms with Crippen molar-refractivity contribution in [1.29, 1.82) is 0 Å². The fourth-order valence-corrected chi connectivity index (χ4v) is 0.644. The first kappa shape index (κ1) is 13.4. The number of carbonyl (C=O) groups excluding carboxylic acids is 3. The molecule has 0 aliphatic carbocycles. The van der Waals surface area contributed by atoms with Gasteiger partial charge in [0.2, 0.25) is 0 Å². The zero-order valence-corrected chi connectivity index (χ0v) is 9.25. The number of nitrogens with one attached hydrogen (secondary N) is 1. The van der Waals surface area contributed by atoms with Gasteiger partial charge < -0.3 is 9.47 Å². The molecule has 0 unspecified atom stereocenters. The van der Waals surface area contributed by atoms with Gasteiger partial charge in [0, 0.05) is 0 Å². The molecule has 0 bridgehead atoms. The lowest BCUT2D eigenvalue weighted by Crippen LogP contribution is -2.40. The molecule has 0 radical (unpaired) electrons. The van der Waals surface area contributed by atoms with Crippen LogP contribution in [0.5, 0.6) is 0 Å². The number of amides is 2. The van der Waals surface area contributed by atoms with Crippen molar-refractivity contribution in [3.05, 3.63) is 0 Å². The first-order valence-electron chi connectivity index (χ1n) is 4.47. The van der Waals surface area contributed by atoms with Crippen molar-refractivity contribution in [1.82, 2.24) is 5.32 Å². The first-order chi connectivity index (χ1) is 6.76. The average Bonchev–Trinajstić information content (AvgIpc) is 2.00. The second-order valence-corrected chi connectivity index (χ2v) is 3.68. The standard InChI is InChI=1S/C9H15NO5/c1-5-14-7(12)6(11)10-8(13)15-9(2,3)4/h5H2,1-4H3,(H,10,11,13). The van der Waals surface area contributed by atoms with Gasteiger partial charge in [0.25, 0.3) is 0 Å². The van der Waals surface area contributed by atoms with Crippen LogP contribution in [0, 0.1) is 0 Å². The Kier molecular flexibility index (Phi) is 4.77. The smallest absolute Gasteiger partial charge is 0.414 e. The molecule has 0 heterocycles. The van der Waals surface area contributed by atoms with E-state index in [0.717, 1.165) is 0 Å². The zero-order valence-electron chi connectivity index (χ0n) is 9.25. The van der Waals surface area contributed by atoms with Crippen LogP contribution < -0.4 is 5.32 Å². The SMILES string of the molecule is CCOC(=O)C(=O)NC(=O)OC(C)(C)C. The van der Waals surface area contributed by atoms with Gasteiger partial charge >= 0.3 is 18.0 Å². The zero-order chi connectivity index (χ0) is 12.1. The minimum Gasteiger partial charge on any atom is -0.459 e. The Morgan fingerprint density at radius 1 is 1.20 bits per heavy atom. The van der Waals surface area contributed by atoms with Crippen LogP contribution in [0.25, 0.3) is 0 Å². The number of hydrogen-bond acceptors (Lipinski definition) is 5. The first-order valence-corrected chi connectivity index (χ1v) is 4.47. The van der Waals surface area contributed by atoms with Crippen molar-refractivity contribution in [3.63, 3.8) is 0 Å². The Balaban J connectivity index is 4.08. The Labute approximate surface area is 87.9 Å². The van der Waals surface area contributed by atoms with E-state index in [1.807, 2.05) is 0 Å². The molecule has 6 heteroatoms. The van der Waals surface area contributed by atoms with E-state index in [4.69, 9.17) is 4.74 Å². The van der Waals surface area contributed by atoms with E-state index in [9.17, 15) is 14.4 Å². The van der Waals surface area contributed by atoms with Crippen LogP contribution in [0.2, 0.25) is 0 Å². The Bertz CT molecular complexity index is 266. The summed E-state index contributed by atoms with van der Waals surface area (Å²) in [5.41, 5.74) is -0.723. The fraction of sp³-hybridized carbons (Fsp3) is 0.667. The molecule has 1 N–H and O–H groups in total. The van der Waals surface area contributed by atoms with Crippen molar-refractivity contribution in [2.45, 2.75) is 33.3 Å². The summed E-state index contributed by atoms with van der Waals surface area (Å²) in [6.07, 6.45) is -0.972. The van der Waals surface area contributed by atoms with Crippen LogP contribution >= 0.6 is 0 Å². The van der Waals surface area contributed by atoms with Gasteiger partial charge in [-0.1, -0.05) is 0 Å². The van der Waals surface area contributed by atoms with Gasteiger partial charge in [-0.25, -0.2) is 9.59 Å². The number of esters is 1. The maximum Gasteiger partial charge on any atom is 0.414 e. The minimum absolute atomic E-state index is 0.0700. The summed E-state index contributed by atoms with van der Waals surface area (Å²) >= 11 is 0. The van der Waals surface area contributed by atoms with Gasteiger partial charge in [-0.3, -0.25) is 10.1 Å². The van der Waals surface area contributed by atoms with Crippen LogP contribution in [0.3, 0.4) is 0 Å². The molecule has 6 nitrogen and oxygen atoms in total. The highest BCUT2D eigenvalue weighted by Gasteiger charge is 2.22. The molecule has 0 saturated carbocycles. The summed E-state index contributed by atoms with van der Waals surface area (Å²) in [5, 5.41) is 1.75. The summed E-state index contributed by atoms with van der Waals surface area (Å²) in [7, 11) is 0. The van der Waals surface area contributed by atoms with Crippen molar-refractivity contribution in [2.24, 2.45) is 0 Å². The summed E-state index contributed by atoms with van der Waals surface area (Å²) in [6.45, 7) is 6.55. The van der Waals surface area contributed by atoms with Crippen molar-refractivity contribution < 1.29 is 23.9 Å². The highest BCUT2D eigenvalue weighted by Crippen LogP contribution is 2.06. The van der Waals surface area contributed by atoms with Crippen LogP contribution in [0.1, 0.15) is 27.7 Å². The molecule has 0 aliphatic rings. The molecule has 0 aromatic carbocycles. The van der Waals surface area contributed by atoms with Gasteiger partial charge in [-0.15, -0.1) is 0 Å². The molecule has 0 aromatic rings. The van der Waals surface area contributed by atoms with Crippen LogP contribution in [-0.2, 0) is 19.1 Å². The van der Waals surface area contributed by atoms with E-state index < -0.39 is 23.6 Å². The van der Waals surface area contributed by atoms with Gasteiger partial charge in [0.05, 0.1) is 6.61 Å². The lowest BCUT2D eigenvalue weighted by Gasteiger charge is -2.18. The maximum atomic E-state index is 11.0. The summed E-state index contributed by atoms with van der Waals surface area (Å²) in [6, 6.07) is 0. The molecule has 0 atom stereocenters. The Morgan fingerprint density at radius 3 is 2.13 bits per heavy atom. The molecule has 0 saturated heterocycles. The highest BCUT2D eigenvalue weighted by molar-refractivity contribution is 6.35. The summed E-state index contributed by atoms with van der Waals surface area (Å²) < 4.78 is 9.13. The normalized spacial score (nSPS) is 10.4. The molecule has 2 amide bonds. The van der Waals surface area contributed by atoms with Crippen LogP contribution in [0.4, 0.5) is 4.79 Å². The molecule has 0 aromatic heterocycles. The van der Waals surface area contributed by atoms with E-state index in [1.165, 1.54) is 0 Å². The van der Waals surface area contributed by atoms with E-state index >= 15 is 0 Å². The van der Waals surface area contributed by atoms with Gasteiger partial charge in [-0.05, 0) is 27.7 Å². The maximum absolute atomic E-state index is 11.0. The Hall–Kier alpha value is -1.59.